The van der Waals surface area contributed by atoms with Crippen LogP contribution in [0.15, 0.2) is 54.6 Å². The predicted molar refractivity (Wildman–Crippen MR) is 212 cm³/mol. The van der Waals surface area contributed by atoms with Gasteiger partial charge in [-0.3, -0.25) is 9.59 Å². The number of amides is 4. The minimum atomic E-state index is -0.543. The second kappa shape index (κ2) is 21.9. The number of hydrogen-bond donors (Lipinski definition) is 2. The van der Waals surface area contributed by atoms with E-state index in [1.54, 1.807) is 20.8 Å². The molecular weight excluding hydrogens is 716 g/mol. The van der Waals surface area contributed by atoms with Crippen molar-refractivity contribution < 1.29 is 42.9 Å². The average molecular weight is 779 g/mol. The predicted octanol–water partition coefficient (Wildman–Crippen LogP) is 5.55. The van der Waals surface area contributed by atoms with E-state index in [1.165, 1.54) is 11.1 Å². The Morgan fingerprint density at radius 2 is 1.54 bits per heavy atom. The van der Waals surface area contributed by atoms with E-state index in [-0.39, 0.29) is 55.3 Å². The number of rotatable bonds is 16. The number of carbonyl (C=O) groups excluding carboxylic acids is 4. The van der Waals surface area contributed by atoms with Gasteiger partial charge in [0.1, 0.15) is 24.6 Å². The minimum absolute atomic E-state index is 0.0665. The fraction of sp³-hybridized carbons (Fsp3) is 0.628. The van der Waals surface area contributed by atoms with Crippen LogP contribution < -0.4 is 15.4 Å². The molecule has 1 unspecified atom stereocenters. The summed E-state index contributed by atoms with van der Waals surface area (Å²) < 4.78 is 28.1. The Kier molecular flexibility index (Phi) is 16.8. The zero-order chi connectivity index (χ0) is 39.8. The summed E-state index contributed by atoms with van der Waals surface area (Å²) in [5, 5.41) is 5.52. The quantitative estimate of drug-likeness (QED) is 0.210. The summed E-state index contributed by atoms with van der Waals surface area (Å²) in [4.78, 5) is 53.6. The SMILES string of the molecule is CC(C)(C)OC(=O)NCCOCCOCCC(=O)NCCOc1cccc(C(c2ccccc2)C2CCN(C(=O)N3CC[C@@H]4OCC(=O)CCC[C@@H]4C3)CC2)c1. The highest BCUT2D eigenvalue weighted by atomic mass is 16.6. The molecule has 3 atom stereocenters. The number of fused-ring (bicyclic) bond motifs is 1. The number of carbonyl (C=O) groups is 4. The van der Waals surface area contributed by atoms with E-state index in [0.717, 1.165) is 37.9 Å². The molecule has 3 aliphatic rings. The second-order valence-electron chi connectivity index (χ2n) is 15.9. The third kappa shape index (κ3) is 14.1. The van der Waals surface area contributed by atoms with Crippen LogP contribution in [0.2, 0.25) is 0 Å². The molecule has 3 aliphatic heterocycles. The van der Waals surface area contributed by atoms with E-state index in [0.29, 0.717) is 78.0 Å². The molecule has 2 aromatic rings. The Balaban J connectivity index is 1.01. The first-order valence-electron chi connectivity index (χ1n) is 20.4. The molecule has 0 spiro atoms. The van der Waals surface area contributed by atoms with Gasteiger partial charge in [-0.25, -0.2) is 9.59 Å². The summed E-state index contributed by atoms with van der Waals surface area (Å²) in [5.41, 5.74) is 1.88. The number of ether oxygens (including phenoxy) is 5. The number of piperidine rings is 2. The first kappa shape index (κ1) is 42.9. The van der Waals surface area contributed by atoms with Gasteiger partial charge in [-0.05, 0) is 82.1 Å². The van der Waals surface area contributed by atoms with Crippen molar-refractivity contribution in [2.75, 3.05) is 78.9 Å². The fourth-order valence-electron chi connectivity index (χ4n) is 7.81. The van der Waals surface area contributed by atoms with Gasteiger partial charge in [-0.15, -0.1) is 0 Å². The van der Waals surface area contributed by atoms with Crippen molar-refractivity contribution in [3.63, 3.8) is 0 Å². The van der Waals surface area contributed by atoms with Crippen LogP contribution in [0.5, 0.6) is 5.75 Å². The highest BCUT2D eigenvalue weighted by molar-refractivity contribution is 5.79. The first-order valence-corrected chi connectivity index (χ1v) is 20.4. The van der Waals surface area contributed by atoms with E-state index in [4.69, 9.17) is 23.7 Å². The van der Waals surface area contributed by atoms with Gasteiger partial charge in [0.05, 0.1) is 39.1 Å². The lowest BCUT2D eigenvalue weighted by molar-refractivity contribution is -0.130. The molecule has 3 fully saturated rings. The van der Waals surface area contributed by atoms with Gasteiger partial charge in [0.15, 0.2) is 5.78 Å². The Hall–Kier alpha value is -4.20. The number of hydrogen-bond acceptors (Lipinski definition) is 9. The van der Waals surface area contributed by atoms with Crippen LogP contribution in [0.4, 0.5) is 9.59 Å². The summed E-state index contributed by atoms with van der Waals surface area (Å²) in [6.45, 7) is 10.8. The molecule has 3 saturated heterocycles. The van der Waals surface area contributed by atoms with Crippen LogP contribution in [0, 0.1) is 11.8 Å². The maximum absolute atomic E-state index is 13.7. The molecule has 5 rings (SSSR count). The van der Waals surface area contributed by atoms with Gasteiger partial charge in [-0.1, -0.05) is 42.5 Å². The summed E-state index contributed by atoms with van der Waals surface area (Å²) in [6, 6.07) is 18.9. The van der Waals surface area contributed by atoms with Gasteiger partial charge < -0.3 is 44.1 Å². The molecule has 2 aromatic carbocycles. The maximum atomic E-state index is 13.7. The molecule has 0 aromatic heterocycles. The molecule has 0 radical (unpaired) electrons. The van der Waals surface area contributed by atoms with Gasteiger partial charge in [0.2, 0.25) is 5.91 Å². The van der Waals surface area contributed by atoms with Crippen molar-refractivity contribution in [2.24, 2.45) is 11.8 Å². The van der Waals surface area contributed by atoms with E-state index in [2.05, 4.69) is 47.0 Å². The van der Waals surface area contributed by atoms with Crippen molar-refractivity contribution in [3.8, 4) is 5.75 Å². The molecule has 3 heterocycles. The standard InChI is InChI=1S/C43H62N4O9/c1-43(2,3)56-41(50)45-19-25-53-28-27-52-24-18-39(49)44-20-26-54-37-14-8-11-34(29-37)40(32-9-5-4-6-10-32)33-15-21-46(22-16-33)42(51)47-23-17-38-35(30-47)12-7-13-36(48)31-55-38/h4-6,8-11,14,29,33,35,38,40H,7,12-13,15-28,30-31H2,1-3H3,(H,44,49)(H,45,50)/t35-,38+,40?/m1/s1. The highest BCUT2D eigenvalue weighted by Crippen LogP contribution is 2.39. The van der Waals surface area contributed by atoms with Crippen LogP contribution in [0.3, 0.4) is 0 Å². The van der Waals surface area contributed by atoms with E-state index >= 15 is 0 Å². The number of ketones is 1. The largest absolute Gasteiger partial charge is 0.492 e. The van der Waals surface area contributed by atoms with Crippen LogP contribution in [-0.2, 0) is 28.5 Å². The molecule has 4 amide bonds. The van der Waals surface area contributed by atoms with Crippen molar-refractivity contribution in [2.45, 2.75) is 83.3 Å². The van der Waals surface area contributed by atoms with E-state index in [9.17, 15) is 19.2 Å². The summed E-state index contributed by atoms with van der Waals surface area (Å²) in [7, 11) is 0. The third-order valence-electron chi connectivity index (χ3n) is 10.5. The Labute approximate surface area is 332 Å². The number of nitrogens with one attached hydrogen (secondary N) is 2. The van der Waals surface area contributed by atoms with Crippen molar-refractivity contribution in [3.05, 3.63) is 65.7 Å². The average Bonchev–Trinajstić information content (AvgIpc) is 3.17. The molecule has 0 saturated carbocycles. The topological polar surface area (TPSA) is 145 Å². The smallest absolute Gasteiger partial charge is 0.407 e. The monoisotopic (exact) mass is 778 g/mol. The summed E-state index contributed by atoms with van der Waals surface area (Å²) >= 11 is 0. The van der Waals surface area contributed by atoms with Gasteiger partial charge in [-0.2, -0.15) is 0 Å². The molecule has 13 nitrogen and oxygen atoms in total. The van der Waals surface area contributed by atoms with Crippen LogP contribution in [0.25, 0.3) is 0 Å². The number of urea groups is 1. The van der Waals surface area contributed by atoms with Crippen LogP contribution >= 0.6 is 0 Å². The van der Waals surface area contributed by atoms with Gasteiger partial charge in [0.25, 0.3) is 0 Å². The Morgan fingerprint density at radius 3 is 2.30 bits per heavy atom. The molecule has 0 aliphatic carbocycles. The highest BCUT2D eigenvalue weighted by Gasteiger charge is 2.37. The summed E-state index contributed by atoms with van der Waals surface area (Å²) in [6.07, 6.45) is 4.77. The Bertz CT molecular complexity index is 1540. The van der Waals surface area contributed by atoms with Crippen molar-refractivity contribution in [1.29, 1.82) is 0 Å². The van der Waals surface area contributed by atoms with Crippen LogP contribution in [0.1, 0.15) is 82.8 Å². The molecule has 56 heavy (non-hydrogen) atoms. The summed E-state index contributed by atoms with van der Waals surface area (Å²) in [5.74, 6) is 1.62. The lowest BCUT2D eigenvalue weighted by Gasteiger charge is -2.43. The lowest BCUT2D eigenvalue weighted by Crippen LogP contribution is -2.53. The van der Waals surface area contributed by atoms with Crippen molar-refractivity contribution >= 4 is 23.8 Å². The lowest BCUT2D eigenvalue weighted by atomic mass is 9.76. The fourth-order valence-corrected chi connectivity index (χ4v) is 7.81. The zero-order valence-electron chi connectivity index (χ0n) is 33.5. The van der Waals surface area contributed by atoms with Gasteiger partial charge in [0, 0.05) is 57.4 Å². The van der Waals surface area contributed by atoms with Crippen LogP contribution in [-0.4, -0.2) is 124 Å². The molecular formula is C43H62N4O9. The molecule has 13 heteroatoms. The number of Topliss-reactive ketones (excluding diaryl/α,β-unsaturated/α-hetero) is 1. The van der Waals surface area contributed by atoms with Crippen molar-refractivity contribution in [1.82, 2.24) is 20.4 Å². The molecule has 2 N–H and O–H groups in total. The van der Waals surface area contributed by atoms with Gasteiger partial charge >= 0.3 is 12.1 Å². The number of nitrogens with zero attached hydrogens (tertiary/aromatic N) is 2. The Morgan fingerprint density at radius 1 is 0.821 bits per heavy atom. The zero-order valence-corrected chi connectivity index (χ0v) is 33.5. The number of benzene rings is 2. The normalized spacial score (nSPS) is 19.9. The molecule has 308 valence electrons. The third-order valence-corrected chi connectivity index (χ3v) is 10.5. The number of alkyl carbamates (subject to hydrolysis) is 1. The second-order valence-corrected chi connectivity index (χ2v) is 15.9. The van der Waals surface area contributed by atoms with E-state index in [1.807, 2.05) is 28.0 Å². The minimum Gasteiger partial charge on any atom is -0.492 e. The van der Waals surface area contributed by atoms with E-state index < -0.39 is 11.7 Å². The number of likely N-dealkylation sites (tertiary alicyclic amines) is 2. The first-order chi connectivity index (χ1) is 27.1. The maximum Gasteiger partial charge on any atom is 0.407 e. The molecule has 0 bridgehead atoms.